The first kappa shape index (κ1) is 12.0. The maximum Gasteiger partial charge on any atom is 0.291 e. The largest absolute Gasteiger partial charge is 0.291 e. The van der Waals surface area contributed by atoms with Gasteiger partial charge in [0.15, 0.2) is 5.16 Å². The Bertz CT molecular complexity index is 503. The molecule has 0 aliphatic rings. The smallest absolute Gasteiger partial charge is 0.228 e. The van der Waals surface area contributed by atoms with E-state index < -0.39 is 5.76 Å². The van der Waals surface area contributed by atoms with E-state index in [-0.39, 0.29) is 5.16 Å². The fourth-order valence-corrected chi connectivity index (χ4v) is 1.94. The molecular formula is C12H10F2N2S. The molecule has 0 radical (unpaired) electrons. The van der Waals surface area contributed by atoms with Crippen LogP contribution in [0.2, 0.25) is 0 Å². The molecule has 1 aromatic carbocycles. The molecule has 0 aliphatic carbocycles. The zero-order valence-electron chi connectivity index (χ0n) is 9.10. The van der Waals surface area contributed by atoms with Gasteiger partial charge >= 0.3 is 0 Å². The number of aromatic nitrogens is 2. The third kappa shape index (κ3) is 3.23. The summed E-state index contributed by atoms with van der Waals surface area (Å²) in [5, 5.41) is 0.110. The molecule has 1 heterocycles. The average molecular weight is 252 g/mol. The maximum absolute atomic E-state index is 12.3. The van der Waals surface area contributed by atoms with Gasteiger partial charge in [0.2, 0.25) is 0 Å². The van der Waals surface area contributed by atoms with Crippen molar-refractivity contribution in [2.24, 2.45) is 0 Å². The number of alkyl halides is 2. The van der Waals surface area contributed by atoms with Crippen LogP contribution in [-0.4, -0.2) is 15.7 Å². The van der Waals surface area contributed by atoms with Crippen LogP contribution in [0.1, 0.15) is 5.69 Å². The minimum absolute atomic E-state index is 0.110. The van der Waals surface area contributed by atoms with Crippen LogP contribution < -0.4 is 0 Å². The highest BCUT2D eigenvalue weighted by Gasteiger charge is 2.10. The second-order valence-electron chi connectivity index (χ2n) is 3.42. The van der Waals surface area contributed by atoms with Crippen molar-refractivity contribution in [3.8, 4) is 11.3 Å². The fourth-order valence-electron chi connectivity index (χ4n) is 1.43. The predicted molar refractivity (Wildman–Crippen MR) is 64.1 cm³/mol. The van der Waals surface area contributed by atoms with Crippen molar-refractivity contribution < 1.29 is 8.78 Å². The van der Waals surface area contributed by atoms with Crippen molar-refractivity contribution in [1.29, 1.82) is 0 Å². The van der Waals surface area contributed by atoms with Crippen molar-refractivity contribution in [1.82, 2.24) is 9.97 Å². The predicted octanol–water partition coefficient (Wildman–Crippen LogP) is 3.77. The molecule has 0 bridgehead atoms. The Kier molecular flexibility index (Phi) is 3.68. The van der Waals surface area contributed by atoms with Crippen molar-refractivity contribution in [3.63, 3.8) is 0 Å². The first-order chi connectivity index (χ1) is 8.15. The standard InChI is InChI=1S/C12H10F2N2S/c1-8-7-10(9-5-3-2-4-6-9)16-12(15-8)17-11(13)14/h2-7,11H,1H3. The Hall–Kier alpha value is -1.49. The van der Waals surface area contributed by atoms with Crippen molar-refractivity contribution >= 4 is 11.8 Å². The van der Waals surface area contributed by atoms with E-state index in [1.165, 1.54) is 0 Å². The lowest BCUT2D eigenvalue weighted by Crippen LogP contribution is -1.95. The van der Waals surface area contributed by atoms with E-state index in [9.17, 15) is 8.78 Å². The first-order valence-corrected chi connectivity index (χ1v) is 5.89. The number of hydrogen-bond acceptors (Lipinski definition) is 3. The molecule has 0 spiro atoms. The highest BCUT2D eigenvalue weighted by atomic mass is 32.2. The van der Waals surface area contributed by atoms with Gasteiger partial charge in [-0.25, -0.2) is 9.97 Å². The highest BCUT2D eigenvalue weighted by molar-refractivity contribution is 7.99. The minimum Gasteiger partial charge on any atom is -0.228 e. The van der Waals surface area contributed by atoms with E-state index in [0.717, 1.165) is 5.56 Å². The number of nitrogens with zero attached hydrogens (tertiary/aromatic N) is 2. The van der Waals surface area contributed by atoms with Crippen LogP contribution in [0, 0.1) is 6.92 Å². The molecule has 0 N–H and O–H groups in total. The van der Waals surface area contributed by atoms with E-state index in [1.54, 1.807) is 13.0 Å². The van der Waals surface area contributed by atoms with Crippen LogP contribution in [-0.2, 0) is 0 Å². The van der Waals surface area contributed by atoms with Gasteiger partial charge in [-0.3, -0.25) is 0 Å². The molecule has 0 aliphatic heterocycles. The number of rotatable bonds is 3. The molecule has 2 rings (SSSR count). The van der Waals surface area contributed by atoms with E-state index in [1.807, 2.05) is 30.3 Å². The number of halogens is 2. The lowest BCUT2D eigenvalue weighted by atomic mass is 10.1. The normalized spacial score (nSPS) is 10.8. The number of thioether (sulfide) groups is 1. The van der Waals surface area contributed by atoms with Gasteiger partial charge < -0.3 is 0 Å². The summed E-state index contributed by atoms with van der Waals surface area (Å²) in [5.41, 5.74) is 2.25. The van der Waals surface area contributed by atoms with Crippen LogP contribution in [0.25, 0.3) is 11.3 Å². The Morgan fingerprint density at radius 1 is 1.12 bits per heavy atom. The topological polar surface area (TPSA) is 25.8 Å². The van der Waals surface area contributed by atoms with Gasteiger partial charge in [-0.1, -0.05) is 30.3 Å². The van der Waals surface area contributed by atoms with Crippen LogP contribution in [0.5, 0.6) is 0 Å². The van der Waals surface area contributed by atoms with Crippen LogP contribution >= 0.6 is 11.8 Å². The Morgan fingerprint density at radius 3 is 2.47 bits per heavy atom. The van der Waals surface area contributed by atoms with Crippen LogP contribution in [0.4, 0.5) is 8.78 Å². The Balaban J connectivity index is 2.38. The quantitative estimate of drug-likeness (QED) is 0.614. The van der Waals surface area contributed by atoms with E-state index >= 15 is 0 Å². The van der Waals surface area contributed by atoms with Gasteiger partial charge in [-0.15, -0.1) is 0 Å². The molecule has 88 valence electrons. The Labute approximate surface area is 102 Å². The third-order valence-corrected chi connectivity index (χ3v) is 2.67. The number of benzene rings is 1. The summed E-state index contributed by atoms with van der Waals surface area (Å²) in [7, 11) is 0. The molecule has 0 atom stereocenters. The summed E-state index contributed by atoms with van der Waals surface area (Å²) in [6.45, 7) is 1.77. The molecule has 0 unspecified atom stereocenters. The maximum atomic E-state index is 12.3. The van der Waals surface area contributed by atoms with E-state index in [4.69, 9.17) is 0 Å². The summed E-state index contributed by atoms with van der Waals surface area (Å²) in [6, 6.07) is 11.2. The summed E-state index contributed by atoms with van der Waals surface area (Å²) in [6.07, 6.45) is 0. The minimum atomic E-state index is -2.50. The lowest BCUT2D eigenvalue weighted by Gasteiger charge is -2.05. The van der Waals surface area contributed by atoms with Crippen LogP contribution in [0.15, 0.2) is 41.6 Å². The van der Waals surface area contributed by atoms with E-state index in [2.05, 4.69) is 9.97 Å². The molecule has 0 amide bonds. The van der Waals surface area contributed by atoms with Gasteiger partial charge in [-0.2, -0.15) is 8.78 Å². The molecular weight excluding hydrogens is 242 g/mol. The SMILES string of the molecule is Cc1cc(-c2ccccc2)nc(SC(F)F)n1. The van der Waals surface area contributed by atoms with Gasteiger partial charge in [0.1, 0.15) is 0 Å². The second kappa shape index (κ2) is 5.23. The third-order valence-electron chi connectivity index (χ3n) is 2.10. The van der Waals surface area contributed by atoms with Gasteiger partial charge in [0.25, 0.3) is 5.76 Å². The van der Waals surface area contributed by atoms with Crippen molar-refractivity contribution in [2.75, 3.05) is 0 Å². The monoisotopic (exact) mass is 252 g/mol. The molecule has 0 saturated carbocycles. The molecule has 5 heteroatoms. The molecule has 17 heavy (non-hydrogen) atoms. The van der Waals surface area contributed by atoms with Crippen molar-refractivity contribution in [2.45, 2.75) is 17.8 Å². The first-order valence-electron chi connectivity index (χ1n) is 5.01. The average Bonchev–Trinajstić information content (AvgIpc) is 2.28. The second-order valence-corrected chi connectivity index (χ2v) is 4.38. The molecule has 0 saturated heterocycles. The summed E-state index contributed by atoms with van der Waals surface area (Å²) in [4.78, 5) is 8.09. The summed E-state index contributed by atoms with van der Waals surface area (Å²) in [5.74, 6) is -2.50. The molecule has 2 nitrogen and oxygen atoms in total. The summed E-state index contributed by atoms with van der Waals surface area (Å²) >= 11 is 0.366. The fraction of sp³-hybridized carbons (Fsp3) is 0.167. The van der Waals surface area contributed by atoms with Gasteiger partial charge in [0, 0.05) is 11.3 Å². The molecule has 2 aromatic rings. The summed E-state index contributed by atoms with van der Waals surface area (Å²) < 4.78 is 24.5. The molecule has 1 aromatic heterocycles. The molecule has 0 fully saturated rings. The zero-order valence-corrected chi connectivity index (χ0v) is 9.92. The zero-order chi connectivity index (χ0) is 12.3. The Morgan fingerprint density at radius 2 is 1.82 bits per heavy atom. The van der Waals surface area contributed by atoms with E-state index in [0.29, 0.717) is 23.1 Å². The number of aryl methyl sites for hydroxylation is 1. The highest BCUT2D eigenvalue weighted by Crippen LogP contribution is 2.25. The number of hydrogen-bond donors (Lipinski definition) is 0. The van der Waals surface area contributed by atoms with Crippen LogP contribution in [0.3, 0.4) is 0 Å². The van der Waals surface area contributed by atoms with Gasteiger partial charge in [-0.05, 0) is 24.8 Å². The van der Waals surface area contributed by atoms with Crippen molar-refractivity contribution in [3.05, 3.63) is 42.1 Å². The van der Waals surface area contributed by atoms with Gasteiger partial charge in [0.05, 0.1) is 5.69 Å². The lowest BCUT2D eigenvalue weighted by molar-refractivity contribution is 0.251.